The summed E-state index contributed by atoms with van der Waals surface area (Å²) in [6, 6.07) is 9.00. The van der Waals surface area contributed by atoms with Crippen LogP contribution < -0.4 is 14.9 Å². The molecule has 1 unspecified atom stereocenters. The number of amides is 1. The lowest BCUT2D eigenvalue weighted by Gasteiger charge is -2.26. The summed E-state index contributed by atoms with van der Waals surface area (Å²) in [7, 11) is 1.61. The molecule has 1 aromatic heterocycles. The molecule has 0 saturated heterocycles. The number of ether oxygens (including phenoxy) is 2. The van der Waals surface area contributed by atoms with Gasteiger partial charge in [-0.3, -0.25) is 9.59 Å². The lowest BCUT2D eigenvalue weighted by molar-refractivity contribution is 0.0724. The third kappa shape index (κ3) is 5.39. The predicted octanol–water partition coefficient (Wildman–Crippen LogP) is 7.11. The van der Waals surface area contributed by atoms with Gasteiger partial charge in [0, 0.05) is 6.54 Å². The molecule has 0 bridgehead atoms. The van der Waals surface area contributed by atoms with E-state index < -0.39 is 6.04 Å². The van der Waals surface area contributed by atoms with Gasteiger partial charge in [0.05, 0.1) is 30.7 Å². The molecule has 0 N–H and O–H groups in total. The van der Waals surface area contributed by atoms with E-state index >= 15 is 0 Å². The SMILES string of the molecule is CCCCCCOc1ccc(C2c3c(oc4cc(C)cc(C)c4c3=O)C(=O)N2CCCCC)cc1OC. The zero-order chi connectivity index (χ0) is 26.5. The largest absolute Gasteiger partial charge is 0.493 e. The average Bonchev–Trinajstić information content (AvgIpc) is 3.15. The molecule has 1 amide bonds. The molecular weight excluding hydrogens is 466 g/mol. The zero-order valence-electron chi connectivity index (χ0n) is 22.8. The van der Waals surface area contributed by atoms with E-state index in [-0.39, 0.29) is 17.1 Å². The van der Waals surface area contributed by atoms with Crippen LogP contribution >= 0.6 is 0 Å². The second kappa shape index (κ2) is 11.8. The van der Waals surface area contributed by atoms with E-state index in [1.165, 1.54) is 12.8 Å². The highest BCUT2D eigenvalue weighted by Crippen LogP contribution is 2.41. The third-order valence-corrected chi connectivity index (χ3v) is 7.17. The molecule has 1 aliphatic rings. The van der Waals surface area contributed by atoms with E-state index in [0.29, 0.717) is 41.2 Å². The van der Waals surface area contributed by atoms with Crippen LogP contribution in [-0.4, -0.2) is 31.1 Å². The second-order valence-electron chi connectivity index (χ2n) is 10.1. The summed E-state index contributed by atoms with van der Waals surface area (Å²) in [5, 5.41) is 0.538. The van der Waals surface area contributed by atoms with E-state index in [1.54, 1.807) is 12.0 Å². The van der Waals surface area contributed by atoms with E-state index in [2.05, 4.69) is 13.8 Å². The topological polar surface area (TPSA) is 69.0 Å². The van der Waals surface area contributed by atoms with Crippen molar-refractivity contribution >= 4 is 16.9 Å². The van der Waals surface area contributed by atoms with E-state index in [9.17, 15) is 9.59 Å². The van der Waals surface area contributed by atoms with Crippen molar-refractivity contribution in [2.24, 2.45) is 0 Å². The Morgan fingerprint density at radius 1 is 0.919 bits per heavy atom. The van der Waals surface area contributed by atoms with Crippen LogP contribution in [0.15, 0.2) is 39.5 Å². The number of aryl methyl sites for hydroxylation is 2. The highest BCUT2D eigenvalue weighted by molar-refractivity contribution is 5.99. The van der Waals surface area contributed by atoms with Crippen LogP contribution in [0.4, 0.5) is 0 Å². The monoisotopic (exact) mass is 505 g/mol. The summed E-state index contributed by atoms with van der Waals surface area (Å²) >= 11 is 0. The fourth-order valence-corrected chi connectivity index (χ4v) is 5.31. The third-order valence-electron chi connectivity index (χ3n) is 7.17. The molecule has 0 fully saturated rings. The highest BCUT2D eigenvalue weighted by atomic mass is 16.5. The summed E-state index contributed by atoms with van der Waals surface area (Å²) < 4.78 is 17.9. The minimum atomic E-state index is -0.534. The smallest absolute Gasteiger partial charge is 0.290 e. The van der Waals surface area contributed by atoms with Crippen LogP contribution in [0.1, 0.15) is 97.6 Å². The summed E-state index contributed by atoms with van der Waals surface area (Å²) in [6.45, 7) is 9.37. The zero-order valence-corrected chi connectivity index (χ0v) is 22.8. The van der Waals surface area contributed by atoms with Crippen LogP contribution in [0.5, 0.6) is 11.5 Å². The Balaban J connectivity index is 1.78. The molecule has 6 heteroatoms. The standard InChI is InChI=1S/C31H39NO5/c1-6-8-10-12-16-36-23-14-13-22(19-24(23)35-5)28-27-29(33)26-21(4)17-20(3)18-25(26)37-30(27)31(34)32(28)15-11-9-7-2/h13-14,17-19,28H,6-12,15-16H2,1-5H3. The molecule has 198 valence electrons. The first-order chi connectivity index (χ1) is 17.9. The van der Waals surface area contributed by atoms with Gasteiger partial charge in [-0.1, -0.05) is 58.1 Å². The van der Waals surface area contributed by atoms with Gasteiger partial charge < -0.3 is 18.8 Å². The van der Waals surface area contributed by atoms with Crippen molar-refractivity contribution in [3.63, 3.8) is 0 Å². The normalized spacial score (nSPS) is 14.9. The van der Waals surface area contributed by atoms with Crippen molar-refractivity contribution in [1.29, 1.82) is 0 Å². The maximum absolute atomic E-state index is 13.9. The van der Waals surface area contributed by atoms with Gasteiger partial charge in [-0.25, -0.2) is 0 Å². The van der Waals surface area contributed by atoms with Crippen LogP contribution in [0.2, 0.25) is 0 Å². The van der Waals surface area contributed by atoms with Crippen molar-refractivity contribution in [2.45, 2.75) is 78.7 Å². The Hall–Kier alpha value is -3.28. The highest BCUT2D eigenvalue weighted by Gasteiger charge is 2.42. The van der Waals surface area contributed by atoms with Crippen LogP contribution in [0.25, 0.3) is 11.0 Å². The molecule has 6 nitrogen and oxygen atoms in total. The molecule has 3 aromatic rings. The lowest BCUT2D eigenvalue weighted by atomic mass is 9.96. The molecule has 37 heavy (non-hydrogen) atoms. The minimum Gasteiger partial charge on any atom is -0.493 e. The van der Waals surface area contributed by atoms with Gasteiger partial charge in [0.15, 0.2) is 16.9 Å². The summed E-state index contributed by atoms with van der Waals surface area (Å²) in [5.41, 5.74) is 3.40. The Labute approximate surface area is 219 Å². The number of unbranched alkanes of at least 4 members (excludes halogenated alkanes) is 5. The number of hydrogen-bond donors (Lipinski definition) is 0. The summed E-state index contributed by atoms with van der Waals surface area (Å²) in [6.07, 6.45) is 7.39. The van der Waals surface area contributed by atoms with Gasteiger partial charge in [0.2, 0.25) is 5.76 Å². The number of methoxy groups -OCH3 is 1. The molecule has 4 rings (SSSR count). The minimum absolute atomic E-state index is 0.139. The van der Waals surface area contributed by atoms with E-state index in [0.717, 1.165) is 48.8 Å². The molecule has 0 spiro atoms. The van der Waals surface area contributed by atoms with Gasteiger partial charge in [-0.05, 0) is 61.6 Å². The van der Waals surface area contributed by atoms with Crippen molar-refractivity contribution in [1.82, 2.24) is 4.90 Å². The van der Waals surface area contributed by atoms with Crippen molar-refractivity contribution in [2.75, 3.05) is 20.3 Å². The average molecular weight is 506 g/mol. The second-order valence-corrected chi connectivity index (χ2v) is 10.1. The number of hydrogen-bond acceptors (Lipinski definition) is 5. The molecule has 2 heterocycles. The molecule has 1 aliphatic heterocycles. The van der Waals surface area contributed by atoms with Crippen LogP contribution in [0.3, 0.4) is 0 Å². The molecule has 0 aliphatic carbocycles. The van der Waals surface area contributed by atoms with Gasteiger partial charge in [-0.2, -0.15) is 0 Å². The van der Waals surface area contributed by atoms with E-state index in [4.69, 9.17) is 13.9 Å². The molecule has 0 radical (unpaired) electrons. The Morgan fingerprint density at radius 2 is 1.68 bits per heavy atom. The van der Waals surface area contributed by atoms with Gasteiger partial charge in [0.25, 0.3) is 5.91 Å². The number of carbonyl (C=O) groups is 1. The predicted molar refractivity (Wildman–Crippen MR) is 147 cm³/mol. The molecule has 2 aromatic carbocycles. The van der Waals surface area contributed by atoms with Crippen LogP contribution in [-0.2, 0) is 0 Å². The van der Waals surface area contributed by atoms with Gasteiger partial charge in [-0.15, -0.1) is 0 Å². The maximum atomic E-state index is 13.9. The lowest BCUT2D eigenvalue weighted by Crippen LogP contribution is -2.30. The first-order valence-electron chi connectivity index (χ1n) is 13.6. The molecule has 0 saturated carbocycles. The van der Waals surface area contributed by atoms with Gasteiger partial charge >= 0.3 is 0 Å². The number of rotatable bonds is 12. The van der Waals surface area contributed by atoms with E-state index in [1.807, 2.05) is 44.2 Å². The van der Waals surface area contributed by atoms with Crippen molar-refractivity contribution < 1.29 is 18.7 Å². The fraction of sp³-hybridized carbons (Fsp3) is 0.484. The van der Waals surface area contributed by atoms with Crippen LogP contribution in [0, 0.1) is 13.8 Å². The number of fused-ring (bicyclic) bond motifs is 2. The quantitative estimate of drug-likeness (QED) is 0.245. The molecular formula is C31H39NO5. The first kappa shape index (κ1) is 26.8. The Morgan fingerprint density at radius 3 is 2.41 bits per heavy atom. The summed E-state index contributed by atoms with van der Waals surface area (Å²) in [4.78, 5) is 29.3. The van der Waals surface area contributed by atoms with Gasteiger partial charge in [0.1, 0.15) is 5.58 Å². The number of benzene rings is 2. The fourth-order valence-electron chi connectivity index (χ4n) is 5.31. The summed E-state index contributed by atoms with van der Waals surface area (Å²) in [5.74, 6) is 1.18. The molecule has 1 atom stereocenters. The van der Waals surface area contributed by atoms with Crippen molar-refractivity contribution in [3.8, 4) is 11.5 Å². The first-order valence-corrected chi connectivity index (χ1v) is 13.6. The Bertz CT molecular complexity index is 1330. The number of carbonyl (C=O) groups excluding carboxylic acids is 1. The number of nitrogens with zero attached hydrogens (tertiary/aromatic N) is 1. The maximum Gasteiger partial charge on any atom is 0.290 e. The Kier molecular flexibility index (Phi) is 8.57. The van der Waals surface area contributed by atoms with Crippen molar-refractivity contribution in [3.05, 3.63) is 68.6 Å².